The van der Waals surface area contributed by atoms with E-state index in [2.05, 4.69) is 6.92 Å². The molecule has 1 heterocycles. The van der Waals surface area contributed by atoms with Crippen LogP contribution in [0.3, 0.4) is 0 Å². The van der Waals surface area contributed by atoms with E-state index >= 15 is 0 Å². The molecule has 0 aliphatic rings. The number of rotatable bonds is 5. The van der Waals surface area contributed by atoms with Crippen LogP contribution in [-0.2, 0) is 22.0 Å². The van der Waals surface area contributed by atoms with Crippen LogP contribution in [0.2, 0.25) is 0 Å². The lowest BCUT2D eigenvalue weighted by atomic mass is 10.4. The molecule has 0 amide bonds. The molecule has 0 radical (unpaired) electrons. The maximum Gasteiger partial charge on any atom is 0.156 e. The van der Waals surface area contributed by atoms with Crippen molar-refractivity contribution in [1.29, 1.82) is 0 Å². The second-order valence-electron chi connectivity index (χ2n) is 3.75. The van der Waals surface area contributed by atoms with Crippen molar-refractivity contribution < 1.29 is 8.42 Å². The number of aryl methyl sites for hydroxylation is 1. The van der Waals surface area contributed by atoms with Crippen molar-refractivity contribution >= 4 is 21.2 Å². The number of sulfone groups is 1. The lowest BCUT2D eigenvalue weighted by molar-refractivity contribution is 0.589. The van der Waals surface area contributed by atoms with Gasteiger partial charge in [0, 0.05) is 15.8 Å². The van der Waals surface area contributed by atoms with E-state index in [9.17, 15) is 8.42 Å². The smallest absolute Gasteiger partial charge is 0.156 e. The van der Waals surface area contributed by atoms with Crippen molar-refractivity contribution in [1.82, 2.24) is 0 Å². The first-order valence-electron chi connectivity index (χ1n) is 4.96. The molecule has 1 aromatic heterocycles. The molecular weight excluding hydrogens is 230 g/mol. The van der Waals surface area contributed by atoms with Crippen LogP contribution in [0.4, 0.5) is 0 Å². The van der Waals surface area contributed by atoms with E-state index < -0.39 is 9.84 Å². The lowest BCUT2D eigenvalue weighted by Gasteiger charge is -2.05. The highest BCUT2D eigenvalue weighted by atomic mass is 32.2. The topological polar surface area (TPSA) is 60.2 Å². The third-order valence-electron chi connectivity index (χ3n) is 1.94. The van der Waals surface area contributed by atoms with Crippen LogP contribution in [0.25, 0.3) is 0 Å². The summed E-state index contributed by atoms with van der Waals surface area (Å²) in [6.45, 7) is 3.77. The first-order chi connectivity index (χ1) is 6.93. The Kier molecular flexibility index (Phi) is 4.31. The van der Waals surface area contributed by atoms with Crippen LogP contribution in [0.15, 0.2) is 12.1 Å². The molecule has 0 fully saturated rings. The summed E-state index contributed by atoms with van der Waals surface area (Å²) in [5, 5.41) is 0. The maximum atomic E-state index is 11.6. The highest BCUT2D eigenvalue weighted by Crippen LogP contribution is 2.19. The van der Waals surface area contributed by atoms with Gasteiger partial charge in [-0.25, -0.2) is 8.42 Å². The van der Waals surface area contributed by atoms with E-state index in [1.54, 1.807) is 18.3 Å². The van der Waals surface area contributed by atoms with Crippen molar-refractivity contribution in [3.8, 4) is 0 Å². The van der Waals surface area contributed by atoms with Crippen molar-refractivity contribution in [2.75, 3.05) is 5.75 Å². The number of hydrogen-bond acceptors (Lipinski definition) is 4. The summed E-state index contributed by atoms with van der Waals surface area (Å²) in [6.07, 6.45) is 0.956. The molecule has 0 aliphatic carbocycles. The Balaban J connectivity index is 2.69. The zero-order chi connectivity index (χ0) is 11.5. The second-order valence-corrected chi connectivity index (χ2v) is 7.12. The van der Waals surface area contributed by atoms with Gasteiger partial charge in [-0.05, 0) is 25.5 Å². The van der Waals surface area contributed by atoms with E-state index in [-0.39, 0.29) is 17.5 Å². The van der Waals surface area contributed by atoms with Gasteiger partial charge in [-0.2, -0.15) is 0 Å². The molecule has 1 atom stereocenters. The molecular formula is C10H17NO2S2. The molecule has 0 spiro atoms. The van der Waals surface area contributed by atoms with E-state index in [0.717, 1.165) is 11.3 Å². The van der Waals surface area contributed by atoms with Crippen molar-refractivity contribution in [3.05, 3.63) is 21.9 Å². The Morgan fingerprint density at radius 3 is 2.47 bits per heavy atom. The summed E-state index contributed by atoms with van der Waals surface area (Å²) in [5.74, 6) is 0.186. The maximum absolute atomic E-state index is 11.6. The predicted molar refractivity (Wildman–Crippen MR) is 64.8 cm³/mol. The highest BCUT2D eigenvalue weighted by Gasteiger charge is 2.15. The molecule has 3 nitrogen and oxygen atoms in total. The largest absolute Gasteiger partial charge is 0.327 e. The number of nitrogens with two attached hydrogens (primary N) is 1. The van der Waals surface area contributed by atoms with Crippen LogP contribution in [0.1, 0.15) is 23.6 Å². The standard InChI is InChI=1S/C10H17NO2S2/c1-3-9-4-5-10(14-9)7-15(12,13)6-8(2)11/h4-5,8H,3,6-7,11H2,1-2H3. The molecule has 0 bridgehead atoms. The normalized spacial score (nSPS) is 14.1. The molecule has 2 N–H and O–H groups in total. The molecule has 1 rings (SSSR count). The Morgan fingerprint density at radius 2 is 2.00 bits per heavy atom. The molecule has 86 valence electrons. The number of hydrogen-bond donors (Lipinski definition) is 1. The summed E-state index contributed by atoms with van der Waals surface area (Å²) in [4.78, 5) is 2.13. The van der Waals surface area contributed by atoms with Crippen molar-refractivity contribution in [2.24, 2.45) is 5.73 Å². The summed E-state index contributed by atoms with van der Waals surface area (Å²) in [5.41, 5.74) is 5.49. The fourth-order valence-corrected chi connectivity index (χ4v) is 4.34. The van der Waals surface area contributed by atoms with Gasteiger partial charge in [0.1, 0.15) is 0 Å². The molecule has 15 heavy (non-hydrogen) atoms. The second kappa shape index (κ2) is 5.09. The van der Waals surface area contributed by atoms with Crippen LogP contribution >= 0.6 is 11.3 Å². The van der Waals surface area contributed by atoms with Gasteiger partial charge in [-0.15, -0.1) is 11.3 Å². The fraction of sp³-hybridized carbons (Fsp3) is 0.600. The summed E-state index contributed by atoms with van der Waals surface area (Å²) >= 11 is 1.57. The average Bonchev–Trinajstić information content (AvgIpc) is 2.48. The van der Waals surface area contributed by atoms with Gasteiger partial charge < -0.3 is 5.73 Å². The zero-order valence-corrected chi connectivity index (χ0v) is 10.7. The van der Waals surface area contributed by atoms with Gasteiger partial charge in [0.25, 0.3) is 0 Å². The first kappa shape index (κ1) is 12.7. The van der Waals surface area contributed by atoms with Crippen LogP contribution < -0.4 is 5.73 Å². The minimum absolute atomic E-state index is 0.0619. The van der Waals surface area contributed by atoms with Gasteiger partial charge in [-0.3, -0.25) is 0 Å². The fourth-order valence-electron chi connectivity index (χ4n) is 1.37. The molecule has 5 heteroatoms. The predicted octanol–water partition coefficient (Wildman–Crippen LogP) is 1.57. The third kappa shape index (κ3) is 4.32. The van der Waals surface area contributed by atoms with Crippen LogP contribution in [0.5, 0.6) is 0 Å². The molecule has 1 aromatic rings. The summed E-state index contributed by atoms with van der Waals surface area (Å²) in [7, 11) is -3.04. The summed E-state index contributed by atoms with van der Waals surface area (Å²) < 4.78 is 23.3. The molecule has 0 aliphatic heterocycles. The van der Waals surface area contributed by atoms with E-state index in [1.165, 1.54) is 4.88 Å². The van der Waals surface area contributed by atoms with E-state index in [4.69, 9.17) is 5.73 Å². The van der Waals surface area contributed by atoms with Gasteiger partial charge in [-0.1, -0.05) is 6.92 Å². The molecule has 0 saturated carbocycles. The Hall–Kier alpha value is -0.390. The van der Waals surface area contributed by atoms with Gasteiger partial charge in [0.15, 0.2) is 9.84 Å². The zero-order valence-electron chi connectivity index (χ0n) is 9.06. The SMILES string of the molecule is CCc1ccc(CS(=O)(=O)CC(C)N)s1. The van der Waals surface area contributed by atoms with E-state index in [0.29, 0.717) is 0 Å². The number of thiophene rings is 1. The van der Waals surface area contributed by atoms with Crippen molar-refractivity contribution in [3.63, 3.8) is 0 Å². The third-order valence-corrected chi connectivity index (χ3v) is 5.14. The van der Waals surface area contributed by atoms with Crippen LogP contribution in [0, 0.1) is 0 Å². The van der Waals surface area contributed by atoms with Crippen LogP contribution in [-0.4, -0.2) is 20.2 Å². The lowest BCUT2D eigenvalue weighted by Crippen LogP contribution is -2.26. The Labute approximate surface area is 95.2 Å². The minimum atomic E-state index is -3.04. The Morgan fingerprint density at radius 1 is 1.40 bits per heavy atom. The van der Waals surface area contributed by atoms with Crippen molar-refractivity contribution in [2.45, 2.75) is 32.1 Å². The van der Waals surface area contributed by atoms with Gasteiger partial charge >= 0.3 is 0 Å². The van der Waals surface area contributed by atoms with Gasteiger partial charge in [0.05, 0.1) is 11.5 Å². The summed E-state index contributed by atoms with van der Waals surface area (Å²) in [6, 6.07) is 3.59. The Bertz CT molecular complexity index is 407. The molecule has 0 saturated heterocycles. The highest BCUT2D eigenvalue weighted by molar-refractivity contribution is 7.90. The average molecular weight is 247 g/mol. The van der Waals surface area contributed by atoms with Gasteiger partial charge in [0.2, 0.25) is 0 Å². The first-order valence-corrected chi connectivity index (χ1v) is 7.60. The quantitative estimate of drug-likeness (QED) is 0.859. The van der Waals surface area contributed by atoms with E-state index in [1.807, 2.05) is 12.1 Å². The molecule has 1 unspecified atom stereocenters. The minimum Gasteiger partial charge on any atom is -0.327 e. The molecule has 0 aromatic carbocycles. The monoisotopic (exact) mass is 247 g/mol.